The number of nitriles is 1. The van der Waals surface area contributed by atoms with E-state index in [1.54, 1.807) is 13.2 Å². The van der Waals surface area contributed by atoms with Gasteiger partial charge in [0.15, 0.2) is 0 Å². The summed E-state index contributed by atoms with van der Waals surface area (Å²) in [4.78, 5) is 11.0. The van der Waals surface area contributed by atoms with Crippen LogP contribution in [0.3, 0.4) is 0 Å². The highest BCUT2D eigenvalue weighted by Crippen LogP contribution is 2.29. The summed E-state index contributed by atoms with van der Waals surface area (Å²) >= 11 is 0. The van der Waals surface area contributed by atoms with Gasteiger partial charge in [0.1, 0.15) is 17.5 Å². The highest BCUT2D eigenvalue weighted by molar-refractivity contribution is 5.68. The lowest BCUT2D eigenvalue weighted by Gasteiger charge is -2.27. The van der Waals surface area contributed by atoms with Gasteiger partial charge in [-0.15, -0.1) is 0 Å². The molecule has 0 spiro atoms. The number of rotatable bonds is 3. The van der Waals surface area contributed by atoms with E-state index in [4.69, 9.17) is 9.47 Å². The van der Waals surface area contributed by atoms with E-state index < -0.39 is 0 Å². The molecule has 2 aromatic rings. The van der Waals surface area contributed by atoms with Crippen molar-refractivity contribution in [2.24, 2.45) is 0 Å². The third kappa shape index (κ3) is 2.85. The molecule has 0 saturated carbocycles. The standard InChI is InChI=1S/C16H16N4O2/c1-21-15-5-3-2-4-13(15)14-10-12(11-17)18-16(19-14)20-6-8-22-9-7-20/h2-5,10H,6-9H2,1H3. The van der Waals surface area contributed by atoms with Crippen molar-refractivity contribution in [2.75, 3.05) is 38.3 Å². The molecule has 6 heteroatoms. The second-order valence-electron chi connectivity index (χ2n) is 4.85. The monoisotopic (exact) mass is 296 g/mol. The molecule has 1 aromatic heterocycles. The maximum atomic E-state index is 9.24. The molecule has 0 atom stereocenters. The lowest BCUT2D eigenvalue weighted by Crippen LogP contribution is -2.37. The van der Waals surface area contributed by atoms with Crippen molar-refractivity contribution in [2.45, 2.75) is 0 Å². The minimum Gasteiger partial charge on any atom is -0.496 e. The van der Waals surface area contributed by atoms with Crippen LogP contribution in [-0.2, 0) is 4.74 Å². The van der Waals surface area contributed by atoms with Crippen LogP contribution in [0.25, 0.3) is 11.3 Å². The molecule has 1 aromatic carbocycles. The molecule has 3 rings (SSSR count). The first-order valence-corrected chi connectivity index (χ1v) is 7.07. The van der Waals surface area contributed by atoms with Gasteiger partial charge in [-0.25, -0.2) is 9.97 Å². The van der Waals surface area contributed by atoms with Gasteiger partial charge in [-0.1, -0.05) is 12.1 Å². The van der Waals surface area contributed by atoms with E-state index >= 15 is 0 Å². The molecule has 0 radical (unpaired) electrons. The van der Waals surface area contributed by atoms with Crippen LogP contribution >= 0.6 is 0 Å². The molecule has 1 fully saturated rings. The molecule has 1 aliphatic rings. The Morgan fingerprint density at radius 1 is 1.23 bits per heavy atom. The molecule has 0 aliphatic carbocycles. The van der Waals surface area contributed by atoms with Gasteiger partial charge in [-0.05, 0) is 12.1 Å². The van der Waals surface area contributed by atoms with Crippen molar-refractivity contribution in [1.82, 2.24) is 9.97 Å². The molecule has 6 nitrogen and oxygen atoms in total. The SMILES string of the molecule is COc1ccccc1-c1cc(C#N)nc(N2CCOCC2)n1. The number of ether oxygens (including phenoxy) is 2. The van der Waals surface area contributed by atoms with Gasteiger partial charge in [-0.2, -0.15) is 5.26 Å². The summed E-state index contributed by atoms with van der Waals surface area (Å²) in [7, 11) is 1.62. The van der Waals surface area contributed by atoms with Crippen molar-refractivity contribution in [3.63, 3.8) is 0 Å². The van der Waals surface area contributed by atoms with Crippen LogP contribution in [0.2, 0.25) is 0 Å². The zero-order valence-electron chi connectivity index (χ0n) is 12.3. The number of morpholine rings is 1. The molecule has 2 heterocycles. The van der Waals surface area contributed by atoms with E-state index in [2.05, 4.69) is 16.0 Å². The zero-order valence-corrected chi connectivity index (χ0v) is 12.3. The number of benzene rings is 1. The Hall–Kier alpha value is -2.65. The van der Waals surface area contributed by atoms with Crippen LogP contribution in [0.5, 0.6) is 5.75 Å². The predicted molar refractivity (Wildman–Crippen MR) is 81.8 cm³/mol. The summed E-state index contributed by atoms with van der Waals surface area (Å²) in [6, 6.07) is 11.4. The van der Waals surface area contributed by atoms with Crippen LogP contribution in [0.15, 0.2) is 30.3 Å². The molecule has 0 bridgehead atoms. The molecule has 0 N–H and O–H groups in total. The minimum atomic E-state index is 0.345. The molecule has 0 amide bonds. The Balaban J connectivity index is 2.06. The van der Waals surface area contributed by atoms with E-state index in [1.165, 1.54) is 0 Å². The normalized spacial score (nSPS) is 14.5. The summed E-state index contributed by atoms with van der Waals surface area (Å²) in [5, 5.41) is 9.24. The number of hydrogen-bond donors (Lipinski definition) is 0. The first kappa shape index (κ1) is 14.3. The quantitative estimate of drug-likeness (QED) is 0.861. The third-order valence-corrected chi connectivity index (χ3v) is 3.51. The van der Waals surface area contributed by atoms with Crippen LogP contribution in [0.4, 0.5) is 5.95 Å². The largest absolute Gasteiger partial charge is 0.496 e. The highest BCUT2D eigenvalue weighted by Gasteiger charge is 2.17. The number of anilines is 1. The van der Waals surface area contributed by atoms with Crippen molar-refractivity contribution in [1.29, 1.82) is 5.26 Å². The van der Waals surface area contributed by atoms with Crippen molar-refractivity contribution in [3.05, 3.63) is 36.0 Å². The highest BCUT2D eigenvalue weighted by atomic mass is 16.5. The van der Waals surface area contributed by atoms with Gasteiger partial charge in [0.05, 0.1) is 26.0 Å². The molecular weight excluding hydrogens is 280 g/mol. The number of hydrogen-bond acceptors (Lipinski definition) is 6. The second kappa shape index (κ2) is 6.41. The van der Waals surface area contributed by atoms with Crippen LogP contribution < -0.4 is 9.64 Å². The predicted octanol–water partition coefficient (Wildman–Crippen LogP) is 1.86. The minimum absolute atomic E-state index is 0.345. The van der Waals surface area contributed by atoms with E-state index in [9.17, 15) is 5.26 Å². The molecule has 0 unspecified atom stereocenters. The van der Waals surface area contributed by atoms with Crippen molar-refractivity contribution < 1.29 is 9.47 Å². The Bertz CT molecular complexity index is 706. The summed E-state index contributed by atoms with van der Waals surface area (Å²) in [5.41, 5.74) is 1.88. The van der Waals surface area contributed by atoms with Crippen LogP contribution in [0.1, 0.15) is 5.69 Å². The Morgan fingerprint density at radius 3 is 2.73 bits per heavy atom. The second-order valence-corrected chi connectivity index (χ2v) is 4.85. The zero-order chi connectivity index (χ0) is 15.4. The van der Waals surface area contributed by atoms with Crippen molar-refractivity contribution >= 4 is 5.95 Å². The fourth-order valence-electron chi connectivity index (χ4n) is 2.39. The molecule has 22 heavy (non-hydrogen) atoms. The fraction of sp³-hybridized carbons (Fsp3) is 0.312. The number of aromatic nitrogens is 2. The van der Waals surface area contributed by atoms with Gasteiger partial charge < -0.3 is 14.4 Å². The first-order valence-electron chi connectivity index (χ1n) is 7.07. The van der Waals surface area contributed by atoms with E-state index in [0.717, 1.165) is 24.4 Å². The van der Waals surface area contributed by atoms with Gasteiger partial charge in [0.25, 0.3) is 0 Å². The third-order valence-electron chi connectivity index (χ3n) is 3.51. The lowest BCUT2D eigenvalue weighted by molar-refractivity contribution is 0.122. The van der Waals surface area contributed by atoms with Gasteiger partial charge in [-0.3, -0.25) is 0 Å². The number of methoxy groups -OCH3 is 1. The summed E-state index contributed by atoms with van der Waals surface area (Å²) in [6.45, 7) is 2.73. The summed E-state index contributed by atoms with van der Waals surface area (Å²) in [6.07, 6.45) is 0. The molecular formula is C16H16N4O2. The van der Waals surface area contributed by atoms with E-state index in [0.29, 0.717) is 30.5 Å². The Kier molecular flexibility index (Phi) is 4.17. The maximum absolute atomic E-state index is 9.24. The molecule has 1 aliphatic heterocycles. The van der Waals surface area contributed by atoms with Gasteiger partial charge in [0.2, 0.25) is 5.95 Å². The number of para-hydroxylation sites is 1. The smallest absolute Gasteiger partial charge is 0.227 e. The van der Waals surface area contributed by atoms with Gasteiger partial charge >= 0.3 is 0 Å². The maximum Gasteiger partial charge on any atom is 0.227 e. The van der Waals surface area contributed by atoms with E-state index in [-0.39, 0.29) is 0 Å². The first-order chi connectivity index (χ1) is 10.8. The Labute approximate surface area is 128 Å². The van der Waals surface area contributed by atoms with Crippen molar-refractivity contribution in [3.8, 4) is 23.1 Å². The molecule has 112 valence electrons. The van der Waals surface area contributed by atoms with Gasteiger partial charge in [0, 0.05) is 24.7 Å². The average molecular weight is 296 g/mol. The number of nitrogens with zero attached hydrogens (tertiary/aromatic N) is 4. The summed E-state index contributed by atoms with van der Waals surface area (Å²) in [5.74, 6) is 1.28. The fourth-order valence-corrected chi connectivity index (χ4v) is 2.39. The van der Waals surface area contributed by atoms with Crippen LogP contribution in [-0.4, -0.2) is 43.4 Å². The van der Waals surface area contributed by atoms with E-state index in [1.807, 2.05) is 29.2 Å². The summed E-state index contributed by atoms with van der Waals surface area (Å²) < 4.78 is 10.7. The lowest BCUT2D eigenvalue weighted by atomic mass is 10.1. The molecule has 1 saturated heterocycles. The Morgan fingerprint density at radius 2 is 2.00 bits per heavy atom. The topological polar surface area (TPSA) is 71.3 Å². The van der Waals surface area contributed by atoms with Crippen LogP contribution in [0, 0.1) is 11.3 Å². The average Bonchev–Trinajstić information content (AvgIpc) is 2.62.